The minimum atomic E-state index is -0.250. The summed E-state index contributed by atoms with van der Waals surface area (Å²) in [6.45, 7) is 7.21. The molecule has 4 rings (SSSR count). The molecule has 9 heteroatoms. The summed E-state index contributed by atoms with van der Waals surface area (Å²) < 4.78 is 7.61. The van der Waals surface area contributed by atoms with E-state index in [1.54, 1.807) is 29.3 Å². The van der Waals surface area contributed by atoms with Crippen LogP contribution in [0.2, 0.25) is 0 Å². The third kappa shape index (κ3) is 4.05. The van der Waals surface area contributed by atoms with Gasteiger partial charge in [-0.2, -0.15) is 0 Å². The Morgan fingerprint density at radius 2 is 2.27 bits per heavy atom. The smallest absolute Gasteiger partial charge is 0.267 e. The summed E-state index contributed by atoms with van der Waals surface area (Å²) in [7, 11) is 0. The van der Waals surface area contributed by atoms with Gasteiger partial charge in [0, 0.05) is 19.3 Å². The van der Waals surface area contributed by atoms with Gasteiger partial charge in [-0.1, -0.05) is 36.1 Å². The largest absolute Gasteiger partial charge is 0.376 e. The molecule has 2 aliphatic rings. The summed E-state index contributed by atoms with van der Waals surface area (Å²) in [6, 6.07) is 3.69. The number of rotatable bonds is 6. The van der Waals surface area contributed by atoms with Crippen molar-refractivity contribution < 1.29 is 9.53 Å². The minimum absolute atomic E-state index is 0.00704. The molecule has 2 aromatic rings. The van der Waals surface area contributed by atoms with Crippen LogP contribution in [0.15, 0.2) is 40.7 Å². The summed E-state index contributed by atoms with van der Waals surface area (Å²) in [5.74, 6) is 0.206. The Labute approximate surface area is 183 Å². The predicted molar refractivity (Wildman–Crippen MR) is 124 cm³/mol. The molecule has 0 spiro atoms. The van der Waals surface area contributed by atoms with Gasteiger partial charge in [-0.3, -0.25) is 18.9 Å². The molecule has 156 valence electrons. The monoisotopic (exact) mass is 442 g/mol. The SMILES string of the molecule is C=CCNc1nc2ccc(C)cn2c(=O)c1/C=C1/SC(=S)N(C[C@H]2CCCO2)C1=O. The molecular formula is C21H22N4O3S2. The number of fused-ring (bicyclic) bond motifs is 1. The van der Waals surface area contributed by atoms with Crippen molar-refractivity contribution in [2.24, 2.45) is 0 Å². The second-order valence-corrected chi connectivity index (χ2v) is 8.89. The minimum Gasteiger partial charge on any atom is -0.376 e. The second-order valence-electron chi connectivity index (χ2n) is 7.21. The van der Waals surface area contributed by atoms with E-state index in [1.165, 1.54) is 16.2 Å². The zero-order valence-electron chi connectivity index (χ0n) is 16.6. The molecule has 0 saturated carbocycles. The van der Waals surface area contributed by atoms with E-state index in [9.17, 15) is 9.59 Å². The number of anilines is 1. The Morgan fingerprint density at radius 1 is 1.43 bits per heavy atom. The summed E-state index contributed by atoms with van der Waals surface area (Å²) in [6.07, 6.45) is 6.93. The zero-order valence-corrected chi connectivity index (χ0v) is 18.2. The first-order valence-electron chi connectivity index (χ1n) is 9.72. The molecule has 2 saturated heterocycles. The highest BCUT2D eigenvalue weighted by Crippen LogP contribution is 2.34. The predicted octanol–water partition coefficient (Wildman–Crippen LogP) is 2.98. The molecule has 0 unspecified atom stereocenters. The number of carbonyl (C=O) groups excluding carboxylic acids is 1. The van der Waals surface area contributed by atoms with E-state index in [0.29, 0.717) is 46.0 Å². The van der Waals surface area contributed by atoms with E-state index < -0.39 is 0 Å². The van der Waals surface area contributed by atoms with Crippen LogP contribution in [0.3, 0.4) is 0 Å². The molecular weight excluding hydrogens is 420 g/mol. The number of ether oxygens (including phenoxy) is 1. The normalized spacial score (nSPS) is 20.5. The van der Waals surface area contributed by atoms with E-state index in [4.69, 9.17) is 17.0 Å². The summed E-state index contributed by atoms with van der Waals surface area (Å²) in [5.41, 5.74) is 1.53. The van der Waals surface area contributed by atoms with Crippen molar-refractivity contribution in [3.8, 4) is 0 Å². The van der Waals surface area contributed by atoms with Crippen LogP contribution in [0.4, 0.5) is 5.82 Å². The van der Waals surface area contributed by atoms with Crippen LogP contribution in [0.5, 0.6) is 0 Å². The maximum atomic E-state index is 13.2. The molecule has 2 aliphatic heterocycles. The molecule has 1 amide bonds. The summed E-state index contributed by atoms with van der Waals surface area (Å²) >= 11 is 6.62. The Balaban J connectivity index is 1.74. The number of thiocarbonyl (C=S) groups is 1. The third-order valence-corrected chi connectivity index (χ3v) is 6.36. The number of hydrogen-bond acceptors (Lipinski definition) is 7. The van der Waals surface area contributed by atoms with Gasteiger partial charge in [-0.15, -0.1) is 6.58 Å². The standard InChI is InChI=1S/C21H22N4O3S2/c1-3-8-22-18-15(19(26)24-11-13(2)6-7-17(24)23-18)10-16-20(27)25(21(29)30-16)12-14-5-4-9-28-14/h3,6-7,10-11,14,22H,1,4-5,8-9,12H2,2H3/b16-10+/t14-/m1/s1. The fourth-order valence-electron chi connectivity index (χ4n) is 3.47. The highest BCUT2D eigenvalue weighted by Gasteiger charge is 2.35. The van der Waals surface area contributed by atoms with Crippen molar-refractivity contribution in [3.05, 3.63) is 57.4 Å². The van der Waals surface area contributed by atoms with Gasteiger partial charge < -0.3 is 10.1 Å². The number of pyridine rings is 1. The van der Waals surface area contributed by atoms with Gasteiger partial charge in [0.1, 0.15) is 15.8 Å². The highest BCUT2D eigenvalue weighted by molar-refractivity contribution is 8.26. The van der Waals surface area contributed by atoms with E-state index in [2.05, 4.69) is 16.9 Å². The first-order valence-corrected chi connectivity index (χ1v) is 10.9. The van der Waals surface area contributed by atoms with Gasteiger partial charge in [0.25, 0.3) is 11.5 Å². The number of hydrogen-bond donors (Lipinski definition) is 1. The van der Waals surface area contributed by atoms with Gasteiger partial charge >= 0.3 is 0 Å². The number of aryl methyl sites for hydroxylation is 1. The molecule has 2 aromatic heterocycles. The number of thioether (sulfide) groups is 1. The Morgan fingerprint density at radius 3 is 3.00 bits per heavy atom. The lowest BCUT2D eigenvalue weighted by atomic mass is 10.2. The number of nitrogens with one attached hydrogen (secondary N) is 1. The number of aromatic nitrogens is 2. The van der Waals surface area contributed by atoms with Crippen LogP contribution in [-0.2, 0) is 9.53 Å². The third-order valence-electron chi connectivity index (χ3n) is 4.98. The molecule has 4 heterocycles. The van der Waals surface area contributed by atoms with Gasteiger partial charge in [-0.05, 0) is 37.5 Å². The quantitative estimate of drug-likeness (QED) is 0.419. The van der Waals surface area contributed by atoms with Gasteiger partial charge in [-0.25, -0.2) is 4.98 Å². The average molecular weight is 443 g/mol. The van der Waals surface area contributed by atoms with E-state index >= 15 is 0 Å². The lowest BCUT2D eigenvalue weighted by Gasteiger charge is -2.18. The van der Waals surface area contributed by atoms with Crippen molar-refractivity contribution >= 4 is 51.7 Å². The molecule has 2 fully saturated rings. The molecule has 1 N–H and O–H groups in total. The maximum absolute atomic E-state index is 13.2. The first-order chi connectivity index (χ1) is 14.5. The summed E-state index contributed by atoms with van der Waals surface area (Å²) in [5, 5.41) is 3.11. The average Bonchev–Trinajstić information content (AvgIpc) is 3.33. The second kappa shape index (κ2) is 8.71. The van der Waals surface area contributed by atoms with Crippen LogP contribution in [0.1, 0.15) is 24.0 Å². The van der Waals surface area contributed by atoms with Gasteiger partial charge in [0.15, 0.2) is 0 Å². The van der Waals surface area contributed by atoms with Crippen molar-refractivity contribution in [2.45, 2.75) is 25.9 Å². The fraction of sp³-hybridized carbons (Fsp3) is 0.333. The van der Waals surface area contributed by atoms with E-state index in [0.717, 1.165) is 18.4 Å². The van der Waals surface area contributed by atoms with Crippen LogP contribution in [0, 0.1) is 6.92 Å². The van der Waals surface area contributed by atoms with E-state index in [1.807, 2.05) is 13.0 Å². The number of carbonyl (C=O) groups is 1. The Kier molecular flexibility index (Phi) is 6.03. The van der Waals surface area contributed by atoms with Crippen molar-refractivity contribution in [3.63, 3.8) is 0 Å². The van der Waals surface area contributed by atoms with Crippen LogP contribution >= 0.6 is 24.0 Å². The van der Waals surface area contributed by atoms with Crippen molar-refractivity contribution in [1.82, 2.24) is 14.3 Å². The number of amides is 1. The van der Waals surface area contributed by atoms with Crippen molar-refractivity contribution in [2.75, 3.05) is 25.0 Å². The fourth-order valence-corrected chi connectivity index (χ4v) is 4.73. The summed E-state index contributed by atoms with van der Waals surface area (Å²) in [4.78, 5) is 32.8. The highest BCUT2D eigenvalue weighted by atomic mass is 32.2. The molecule has 0 aromatic carbocycles. The van der Waals surface area contributed by atoms with Crippen LogP contribution in [0.25, 0.3) is 11.7 Å². The van der Waals surface area contributed by atoms with Crippen LogP contribution < -0.4 is 10.9 Å². The molecule has 0 aliphatic carbocycles. The Bertz CT molecular complexity index is 1120. The molecule has 7 nitrogen and oxygen atoms in total. The van der Waals surface area contributed by atoms with Gasteiger partial charge in [0.2, 0.25) is 0 Å². The first kappa shape index (κ1) is 20.8. The number of nitrogens with zero attached hydrogens (tertiary/aromatic N) is 3. The topological polar surface area (TPSA) is 75.9 Å². The lowest BCUT2D eigenvalue weighted by molar-refractivity contribution is -0.123. The van der Waals surface area contributed by atoms with E-state index in [-0.39, 0.29) is 17.6 Å². The Hall–Kier alpha value is -2.49. The lowest BCUT2D eigenvalue weighted by Crippen LogP contribution is -2.35. The molecule has 1 atom stereocenters. The van der Waals surface area contributed by atoms with Gasteiger partial charge in [0.05, 0.1) is 23.1 Å². The molecule has 30 heavy (non-hydrogen) atoms. The van der Waals surface area contributed by atoms with Crippen molar-refractivity contribution in [1.29, 1.82) is 0 Å². The molecule has 0 bridgehead atoms. The van der Waals surface area contributed by atoms with Crippen LogP contribution in [-0.4, -0.2) is 50.3 Å². The zero-order chi connectivity index (χ0) is 21.3. The molecule has 0 radical (unpaired) electrons. The maximum Gasteiger partial charge on any atom is 0.267 e.